The van der Waals surface area contributed by atoms with E-state index < -0.39 is 29.9 Å². The standard InChI is InChI=1S/C16H14F4N4OS/c17-11-3-2-10(5-8(11)7-21)22-14(25)24-15-23-12-4-1-9(16(18,19)20)6-13(12)26-15/h1,4,6,8,10-11H,2-3,5H2,(H2,22,23,24,25)/t8?,10?,11-/m1/s1. The maximum Gasteiger partial charge on any atom is 0.416 e. The normalized spacial score (nSPS) is 23.4. The lowest BCUT2D eigenvalue weighted by atomic mass is 9.85. The van der Waals surface area contributed by atoms with Crippen LogP contribution in [0.2, 0.25) is 0 Å². The summed E-state index contributed by atoms with van der Waals surface area (Å²) in [5.74, 6) is -0.753. The molecule has 2 N–H and O–H groups in total. The van der Waals surface area contributed by atoms with Crippen LogP contribution in [0.4, 0.5) is 27.5 Å². The van der Waals surface area contributed by atoms with E-state index in [1.54, 1.807) is 0 Å². The average Bonchev–Trinajstić information content (AvgIpc) is 2.96. The van der Waals surface area contributed by atoms with Gasteiger partial charge in [0.05, 0.1) is 27.8 Å². The van der Waals surface area contributed by atoms with E-state index in [9.17, 15) is 22.4 Å². The van der Waals surface area contributed by atoms with Crippen LogP contribution in [0.25, 0.3) is 10.2 Å². The van der Waals surface area contributed by atoms with Gasteiger partial charge in [-0.2, -0.15) is 18.4 Å². The molecule has 3 atom stereocenters. The van der Waals surface area contributed by atoms with Crippen molar-refractivity contribution >= 4 is 32.7 Å². The Kier molecular flexibility index (Phi) is 5.00. The Morgan fingerprint density at radius 2 is 2.12 bits per heavy atom. The van der Waals surface area contributed by atoms with E-state index in [4.69, 9.17) is 5.26 Å². The van der Waals surface area contributed by atoms with Crippen LogP contribution in [0.3, 0.4) is 0 Å². The Morgan fingerprint density at radius 3 is 2.81 bits per heavy atom. The number of benzene rings is 1. The highest BCUT2D eigenvalue weighted by Gasteiger charge is 2.32. The number of hydrogen-bond donors (Lipinski definition) is 2. The zero-order valence-corrected chi connectivity index (χ0v) is 14.1. The van der Waals surface area contributed by atoms with E-state index in [-0.39, 0.29) is 24.0 Å². The smallest absolute Gasteiger partial charge is 0.335 e. The molecule has 2 unspecified atom stereocenters. The molecule has 1 aliphatic rings. The topological polar surface area (TPSA) is 77.8 Å². The molecule has 26 heavy (non-hydrogen) atoms. The highest BCUT2D eigenvalue weighted by Crippen LogP contribution is 2.34. The largest absolute Gasteiger partial charge is 0.416 e. The molecular formula is C16H14F4N4OS. The quantitative estimate of drug-likeness (QED) is 0.748. The first-order valence-electron chi connectivity index (χ1n) is 7.85. The number of rotatable bonds is 2. The summed E-state index contributed by atoms with van der Waals surface area (Å²) >= 11 is 0.928. The predicted octanol–water partition coefficient (Wildman–Crippen LogP) is 4.47. The summed E-state index contributed by atoms with van der Waals surface area (Å²) < 4.78 is 52.0. The van der Waals surface area contributed by atoms with Gasteiger partial charge in [0.25, 0.3) is 0 Å². The van der Waals surface area contributed by atoms with E-state index in [2.05, 4.69) is 15.6 Å². The van der Waals surface area contributed by atoms with Crippen LogP contribution in [0, 0.1) is 17.2 Å². The maximum atomic E-state index is 13.5. The van der Waals surface area contributed by atoms with Crippen LogP contribution >= 0.6 is 11.3 Å². The Balaban J connectivity index is 1.65. The maximum absolute atomic E-state index is 13.5. The van der Waals surface area contributed by atoms with Gasteiger partial charge in [-0.3, -0.25) is 5.32 Å². The summed E-state index contributed by atoms with van der Waals surface area (Å²) in [7, 11) is 0. The molecule has 2 aromatic rings. The van der Waals surface area contributed by atoms with Crippen molar-refractivity contribution < 1.29 is 22.4 Å². The van der Waals surface area contributed by atoms with Crippen molar-refractivity contribution in [3.63, 3.8) is 0 Å². The van der Waals surface area contributed by atoms with E-state index in [1.807, 2.05) is 6.07 Å². The number of nitrogens with zero attached hydrogens (tertiary/aromatic N) is 2. The second-order valence-corrected chi connectivity index (χ2v) is 7.09. The van der Waals surface area contributed by atoms with E-state index in [0.717, 1.165) is 23.5 Å². The third kappa shape index (κ3) is 4.04. The molecule has 138 valence electrons. The molecule has 0 radical (unpaired) electrons. The second-order valence-electron chi connectivity index (χ2n) is 6.06. The summed E-state index contributed by atoms with van der Waals surface area (Å²) in [6, 6.07) is 4.14. The summed E-state index contributed by atoms with van der Waals surface area (Å²) in [5, 5.41) is 14.2. The molecule has 1 heterocycles. The zero-order chi connectivity index (χ0) is 18.9. The lowest BCUT2D eigenvalue weighted by Gasteiger charge is -2.28. The van der Waals surface area contributed by atoms with Crippen molar-refractivity contribution in [3.05, 3.63) is 23.8 Å². The van der Waals surface area contributed by atoms with Gasteiger partial charge in [0, 0.05) is 6.04 Å². The molecule has 1 aromatic heterocycles. The summed E-state index contributed by atoms with van der Waals surface area (Å²) in [4.78, 5) is 16.1. The number of carbonyl (C=O) groups excluding carboxylic acids is 1. The number of halogens is 4. The highest BCUT2D eigenvalue weighted by atomic mass is 32.1. The van der Waals surface area contributed by atoms with Crippen molar-refractivity contribution in [2.75, 3.05) is 5.32 Å². The fourth-order valence-corrected chi connectivity index (χ4v) is 3.77. The van der Waals surface area contributed by atoms with E-state index >= 15 is 0 Å². The number of fused-ring (bicyclic) bond motifs is 1. The molecule has 1 aromatic carbocycles. The zero-order valence-electron chi connectivity index (χ0n) is 13.3. The number of carbonyl (C=O) groups is 1. The van der Waals surface area contributed by atoms with Crippen molar-refractivity contribution in [2.45, 2.75) is 37.7 Å². The van der Waals surface area contributed by atoms with Crippen LogP contribution in [0.5, 0.6) is 0 Å². The number of nitrogens with one attached hydrogen (secondary N) is 2. The van der Waals surface area contributed by atoms with Crippen LogP contribution in [-0.2, 0) is 6.18 Å². The van der Waals surface area contributed by atoms with Gasteiger partial charge >= 0.3 is 12.2 Å². The molecule has 0 saturated heterocycles. The number of urea groups is 1. The van der Waals surface area contributed by atoms with Gasteiger partial charge in [0.15, 0.2) is 5.13 Å². The van der Waals surface area contributed by atoms with Gasteiger partial charge in [0.2, 0.25) is 0 Å². The highest BCUT2D eigenvalue weighted by molar-refractivity contribution is 7.22. The van der Waals surface area contributed by atoms with Gasteiger partial charge < -0.3 is 5.32 Å². The molecule has 5 nitrogen and oxygen atoms in total. The Bertz CT molecular complexity index is 860. The Morgan fingerprint density at radius 1 is 1.35 bits per heavy atom. The van der Waals surface area contributed by atoms with E-state index in [1.165, 1.54) is 6.07 Å². The van der Waals surface area contributed by atoms with Crippen LogP contribution in [-0.4, -0.2) is 23.2 Å². The first kappa shape index (κ1) is 18.4. The number of anilines is 1. The minimum absolute atomic E-state index is 0.160. The molecule has 1 fully saturated rings. The minimum Gasteiger partial charge on any atom is -0.335 e. The molecule has 2 amide bonds. The lowest BCUT2D eigenvalue weighted by Crippen LogP contribution is -2.43. The Hall–Kier alpha value is -2.41. The monoisotopic (exact) mass is 386 g/mol. The number of thiazole rings is 1. The van der Waals surface area contributed by atoms with Gasteiger partial charge in [-0.15, -0.1) is 0 Å². The summed E-state index contributed by atoms with van der Waals surface area (Å²) in [5.41, 5.74) is -0.434. The Labute approximate surface area is 150 Å². The molecule has 0 bridgehead atoms. The number of aromatic nitrogens is 1. The van der Waals surface area contributed by atoms with Crippen LogP contribution in [0.15, 0.2) is 18.2 Å². The molecule has 3 rings (SSSR count). The van der Waals surface area contributed by atoms with Gasteiger partial charge in [-0.05, 0) is 37.5 Å². The fraction of sp³-hybridized carbons (Fsp3) is 0.438. The number of alkyl halides is 4. The van der Waals surface area contributed by atoms with Crippen LogP contribution < -0.4 is 10.6 Å². The molecule has 1 aliphatic carbocycles. The molecule has 0 aliphatic heterocycles. The van der Waals surface area contributed by atoms with Gasteiger partial charge in [-0.25, -0.2) is 14.2 Å². The van der Waals surface area contributed by atoms with E-state index in [0.29, 0.717) is 16.6 Å². The van der Waals surface area contributed by atoms with Gasteiger partial charge in [0.1, 0.15) is 6.17 Å². The van der Waals surface area contributed by atoms with Crippen LogP contribution in [0.1, 0.15) is 24.8 Å². The molecule has 1 saturated carbocycles. The fourth-order valence-electron chi connectivity index (χ4n) is 2.87. The lowest BCUT2D eigenvalue weighted by molar-refractivity contribution is -0.137. The molecule has 0 spiro atoms. The third-order valence-corrected chi connectivity index (χ3v) is 5.14. The third-order valence-electron chi connectivity index (χ3n) is 4.20. The van der Waals surface area contributed by atoms with Crippen molar-refractivity contribution in [1.29, 1.82) is 5.26 Å². The number of nitriles is 1. The number of amides is 2. The first-order valence-corrected chi connectivity index (χ1v) is 8.67. The van der Waals surface area contributed by atoms with Crippen molar-refractivity contribution in [2.24, 2.45) is 5.92 Å². The summed E-state index contributed by atoms with van der Waals surface area (Å²) in [6.45, 7) is 0. The SMILES string of the molecule is N#CC1CC(NC(=O)Nc2nc3ccc(C(F)(F)F)cc3s2)CC[C@H]1F. The van der Waals surface area contributed by atoms with Gasteiger partial charge in [-0.1, -0.05) is 11.3 Å². The minimum atomic E-state index is -4.45. The average molecular weight is 386 g/mol. The second kappa shape index (κ2) is 7.07. The van der Waals surface area contributed by atoms with Crippen molar-refractivity contribution in [1.82, 2.24) is 10.3 Å². The molecular weight excluding hydrogens is 372 g/mol. The van der Waals surface area contributed by atoms with Crippen molar-refractivity contribution in [3.8, 4) is 6.07 Å². The summed E-state index contributed by atoms with van der Waals surface area (Å²) in [6.07, 6.45) is -4.80. The number of hydrogen-bond acceptors (Lipinski definition) is 4. The molecule has 10 heteroatoms. The predicted molar refractivity (Wildman–Crippen MR) is 88.4 cm³/mol. The first-order chi connectivity index (χ1) is 12.3.